The van der Waals surface area contributed by atoms with Crippen LogP contribution in [0.3, 0.4) is 0 Å². The molecule has 94 valence electrons. The standard InChI is InChI=1S/C12H12BrN3OS/c13-9-7-8(1-2-10(9)14)12(17)16-4-3-11-15-5-6-18-11/h1-2,5-7H,3-4,14H2,(H,16,17). The highest BCUT2D eigenvalue weighted by Gasteiger charge is 2.07. The SMILES string of the molecule is Nc1ccc(C(=O)NCCc2nccs2)cc1Br. The fraction of sp³-hybridized carbons (Fsp3) is 0.167. The van der Waals surface area contributed by atoms with Crippen LogP contribution in [0.25, 0.3) is 0 Å². The van der Waals surface area contributed by atoms with Gasteiger partial charge in [-0.15, -0.1) is 11.3 Å². The number of hydrogen-bond acceptors (Lipinski definition) is 4. The topological polar surface area (TPSA) is 68.0 Å². The van der Waals surface area contributed by atoms with Crippen molar-refractivity contribution in [3.8, 4) is 0 Å². The van der Waals surface area contributed by atoms with Crippen molar-refractivity contribution in [1.82, 2.24) is 10.3 Å². The van der Waals surface area contributed by atoms with E-state index < -0.39 is 0 Å². The summed E-state index contributed by atoms with van der Waals surface area (Å²) in [6.07, 6.45) is 2.51. The first-order valence-electron chi connectivity index (χ1n) is 5.38. The van der Waals surface area contributed by atoms with Crippen LogP contribution in [-0.2, 0) is 6.42 Å². The number of hydrogen-bond donors (Lipinski definition) is 2. The third-order valence-corrected chi connectivity index (χ3v) is 3.90. The van der Waals surface area contributed by atoms with Gasteiger partial charge in [-0.25, -0.2) is 4.98 Å². The Morgan fingerprint density at radius 2 is 2.33 bits per heavy atom. The molecule has 2 aromatic rings. The molecule has 0 radical (unpaired) electrons. The Kier molecular flexibility index (Phi) is 4.33. The van der Waals surface area contributed by atoms with E-state index in [-0.39, 0.29) is 5.91 Å². The third kappa shape index (κ3) is 3.30. The second-order valence-electron chi connectivity index (χ2n) is 3.67. The highest BCUT2D eigenvalue weighted by atomic mass is 79.9. The molecule has 1 aromatic carbocycles. The number of benzene rings is 1. The second-order valence-corrected chi connectivity index (χ2v) is 5.50. The first-order chi connectivity index (χ1) is 8.66. The van der Waals surface area contributed by atoms with Crippen LogP contribution < -0.4 is 11.1 Å². The van der Waals surface area contributed by atoms with Gasteiger partial charge in [-0.05, 0) is 34.1 Å². The summed E-state index contributed by atoms with van der Waals surface area (Å²) >= 11 is 4.89. The maximum atomic E-state index is 11.8. The van der Waals surface area contributed by atoms with Crippen LogP contribution in [0.2, 0.25) is 0 Å². The van der Waals surface area contributed by atoms with Gasteiger partial charge in [0.25, 0.3) is 5.91 Å². The quantitative estimate of drug-likeness (QED) is 0.848. The number of anilines is 1. The number of thiazole rings is 1. The Balaban J connectivity index is 1.89. The largest absolute Gasteiger partial charge is 0.398 e. The summed E-state index contributed by atoms with van der Waals surface area (Å²) in [5, 5.41) is 5.80. The first-order valence-corrected chi connectivity index (χ1v) is 7.05. The molecule has 0 saturated heterocycles. The summed E-state index contributed by atoms with van der Waals surface area (Å²) in [5.74, 6) is -0.104. The number of carbonyl (C=O) groups is 1. The van der Waals surface area contributed by atoms with E-state index in [1.165, 1.54) is 0 Å². The minimum atomic E-state index is -0.104. The molecular weight excluding hydrogens is 314 g/mol. The minimum Gasteiger partial charge on any atom is -0.398 e. The Hall–Kier alpha value is -1.40. The van der Waals surface area contributed by atoms with Gasteiger partial charge in [-0.2, -0.15) is 0 Å². The monoisotopic (exact) mass is 325 g/mol. The van der Waals surface area contributed by atoms with Crippen molar-refractivity contribution in [3.05, 3.63) is 44.8 Å². The lowest BCUT2D eigenvalue weighted by atomic mass is 10.2. The van der Waals surface area contributed by atoms with Crippen LogP contribution in [0, 0.1) is 0 Å². The lowest BCUT2D eigenvalue weighted by molar-refractivity contribution is 0.0954. The number of amides is 1. The molecule has 1 aromatic heterocycles. The number of nitrogens with one attached hydrogen (secondary N) is 1. The summed E-state index contributed by atoms with van der Waals surface area (Å²) in [6.45, 7) is 0.578. The number of halogens is 1. The van der Waals surface area contributed by atoms with Crippen molar-refractivity contribution >= 4 is 38.9 Å². The number of carbonyl (C=O) groups excluding carboxylic acids is 1. The number of aromatic nitrogens is 1. The molecule has 0 fully saturated rings. The van der Waals surface area contributed by atoms with E-state index >= 15 is 0 Å². The number of nitrogens with two attached hydrogens (primary N) is 1. The van der Waals surface area contributed by atoms with Gasteiger partial charge in [0, 0.05) is 40.3 Å². The molecule has 0 aliphatic rings. The average molecular weight is 326 g/mol. The molecule has 6 heteroatoms. The predicted octanol–water partition coefficient (Wildman–Crippen LogP) is 2.46. The van der Waals surface area contributed by atoms with Gasteiger partial charge in [0.1, 0.15) is 0 Å². The summed E-state index contributed by atoms with van der Waals surface area (Å²) in [6, 6.07) is 5.13. The van der Waals surface area contributed by atoms with Crippen molar-refractivity contribution in [2.75, 3.05) is 12.3 Å². The molecule has 2 rings (SSSR count). The van der Waals surface area contributed by atoms with E-state index in [9.17, 15) is 4.79 Å². The Labute approximate surface area is 117 Å². The van der Waals surface area contributed by atoms with Crippen LogP contribution in [-0.4, -0.2) is 17.4 Å². The normalized spacial score (nSPS) is 10.3. The van der Waals surface area contributed by atoms with Gasteiger partial charge >= 0.3 is 0 Å². The smallest absolute Gasteiger partial charge is 0.251 e. The molecule has 0 atom stereocenters. The molecule has 1 heterocycles. The highest BCUT2D eigenvalue weighted by Crippen LogP contribution is 2.20. The van der Waals surface area contributed by atoms with Crippen molar-refractivity contribution in [2.45, 2.75) is 6.42 Å². The van der Waals surface area contributed by atoms with E-state index in [2.05, 4.69) is 26.2 Å². The Bertz CT molecular complexity index is 542. The predicted molar refractivity (Wildman–Crippen MR) is 76.7 cm³/mol. The fourth-order valence-electron chi connectivity index (χ4n) is 1.43. The molecule has 0 spiro atoms. The first kappa shape index (κ1) is 13.0. The highest BCUT2D eigenvalue weighted by molar-refractivity contribution is 9.10. The summed E-state index contributed by atoms with van der Waals surface area (Å²) < 4.78 is 0.732. The van der Waals surface area contributed by atoms with Crippen LogP contribution in [0.5, 0.6) is 0 Å². The van der Waals surface area contributed by atoms with E-state index in [1.807, 2.05) is 5.38 Å². The summed E-state index contributed by atoms with van der Waals surface area (Å²) in [4.78, 5) is 16.0. The van der Waals surface area contributed by atoms with Crippen molar-refractivity contribution in [3.63, 3.8) is 0 Å². The molecule has 0 aliphatic carbocycles. The maximum Gasteiger partial charge on any atom is 0.251 e. The lowest BCUT2D eigenvalue weighted by Gasteiger charge is -2.05. The zero-order valence-electron chi connectivity index (χ0n) is 9.52. The molecule has 0 aliphatic heterocycles. The van der Waals surface area contributed by atoms with Crippen LogP contribution >= 0.6 is 27.3 Å². The summed E-state index contributed by atoms with van der Waals surface area (Å²) in [7, 11) is 0. The molecule has 18 heavy (non-hydrogen) atoms. The molecule has 0 saturated carbocycles. The van der Waals surface area contributed by atoms with Crippen molar-refractivity contribution in [2.24, 2.45) is 0 Å². The number of rotatable bonds is 4. The van der Waals surface area contributed by atoms with Gasteiger partial charge in [0.2, 0.25) is 0 Å². The lowest BCUT2D eigenvalue weighted by Crippen LogP contribution is -2.25. The molecule has 1 amide bonds. The van der Waals surface area contributed by atoms with Gasteiger partial charge in [-0.3, -0.25) is 4.79 Å². The second kappa shape index (κ2) is 5.97. The van der Waals surface area contributed by atoms with Crippen molar-refractivity contribution < 1.29 is 4.79 Å². The van der Waals surface area contributed by atoms with Crippen molar-refractivity contribution in [1.29, 1.82) is 0 Å². The van der Waals surface area contributed by atoms with E-state index in [0.29, 0.717) is 17.8 Å². The maximum absolute atomic E-state index is 11.8. The zero-order chi connectivity index (χ0) is 13.0. The van der Waals surface area contributed by atoms with Gasteiger partial charge in [-0.1, -0.05) is 0 Å². The van der Waals surface area contributed by atoms with Gasteiger partial charge in [0.05, 0.1) is 5.01 Å². The fourth-order valence-corrected chi connectivity index (χ4v) is 2.43. The Morgan fingerprint density at radius 1 is 1.50 bits per heavy atom. The van der Waals surface area contributed by atoms with Gasteiger partial charge < -0.3 is 11.1 Å². The number of nitrogen functional groups attached to an aromatic ring is 1. The molecule has 0 unspecified atom stereocenters. The van der Waals surface area contributed by atoms with Crippen LogP contribution in [0.4, 0.5) is 5.69 Å². The Morgan fingerprint density at radius 3 is 3.00 bits per heavy atom. The van der Waals surface area contributed by atoms with Crippen LogP contribution in [0.1, 0.15) is 15.4 Å². The van der Waals surface area contributed by atoms with Gasteiger partial charge in [0.15, 0.2) is 0 Å². The molecular formula is C12H12BrN3OS. The summed E-state index contributed by atoms with van der Waals surface area (Å²) in [5.41, 5.74) is 6.88. The zero-order valence-corrected chi connectivity index (χ0v) is 11.9. The van der Waals surface area contributed by atoms with E-state index in [0.717, 1.165) is 15.9 Å². The molecule has 3 N–H and O–H groups in total. The van der Waals surface area contributed by atoms with Crippen LogP contribution in [0.15, 0.2) is 34.2 Å². The minimum absolute atomic E-state index is 0.104. The van der Waals surface area contributed by atoms with E-state index in [1.54, 1.807) is 35.7 Å². The molecule has 4 nitrogen and oxygen atoms in total. The molecule has 0 bridgehead atoms. The average Bonchev–Trinajstić information content (AvgIpc) is 2.85. The van der Waals surface area contributed by atoms with E-state index in [4.69, 9.17) is 5.73 Å². The third-order valence-electron chi connectivity index (χ3n) is 2.37. The number of nitrogens with zero attached hydrogens (tertiary/aromatic N) is 1.